The number of nitrogens with zero attached hydrogens (tertiary/aromatic N) is 1. The van der Waals surface area contributed by atoms with Gasteiger partial charge >= 0.3 is 0 Å². The zero-order chi connectivity index (χ0) is 17.0. The minimum absolute atomic E-state index is 0.146. The largest absolute Gasteiger partial charge is 0.355 e. The number of amides is 2. The van der Waals surface area contributed by atoms with E-state index >= 15 is 0 Å². The molecule has 0 aliphatic carbocycles. The van der Waals surface area contributed by atoms with Crippen LogP contribution in [0, 0.1) is 5.92 Å². The van der Waals surface area contributed by atoms with Crippen molar-refractivity contribution in [2.45, 2.75) is 12.8 Å². The Morgan fingerprint density at radius 2 is 1.87 bits per heavy atom. The number of carbonyl (C=O) groups excluding carboxylic acids is 2. The molecule has 7 nitrogen and oxygen atoms in total. The molecule has 0 bridgehead atoms. The monoisotopic (exact) mass is 339 g/mol. The molecule has 2 amide bonds. The van der Waals surface area contributed by atoms with E-state index in [1.54, 1.807) is 31.3 Å². The molecule has 2 rings (SSSR count). The third-order valence-electron chi connectivity index (χ3n) is 3.91. The van der Waals surface area contributed by atoms with Crippen molar-refractivity contribution in [1.29, 1.82) is 0 Å². The standard InChI is InChI=1S/C15H21N3O4S/c1-16-14(19)12-4-3-5-13(10-12)17-15(20)11-6-8-18(9-7-11)23(2,21)22/h3-5,10-11H,6-9H2,1-2H3,(H,16,19)(H,17,20). The Bertz CT molecular complexity index is 694. The van der Waals surface area contributed by atoms with Gasteiger partial charge in [0.25, 0.3) is 5.91 Å². The topological polar surface area (TPSA) is 95.6 Å². The lowest BCUT2D eigenvalue weighted by Gasteiger charge is -2.29. The quantitative estimate of drug-likeness (QED) is 0.842. The van der Waals surface area contributed by atoms with Gasteiger partial charge < -0.3 is 10.6 Å². The fourth-order valence-corrected chi connectivity index (χ4v) is 3.45. The maximum Gasteiger partial charge on any atom is 0.251 e. The fraction of sp³-hybridized carbons (Fsp3) is 0.467. The molecular formula is C15H21N3O4S. The number of benzene rings is 1. The zero-order valence-corrected chi connectivity index (χ0v) is 14.0. The molecule has 0 aromatic heterocycles. The summed E-state index contributed by atoms with van der Waals surface area (Å²) in [7, 11) is -1.65. The van der Waals surface area contributed by atoms with E-state index in [4.69, 9.17) is 0 Å². The molecular weight excluding hydrogens is 318 g/mol. The van der Waals surface area contributed by atoms with Crippen LogP contribution in [0.15, 0.2) is 24.3 Å². The minimum atomic E-state index is -3.19. The summed E-state index contributed by atoms with van der Waals surface area (Å²) in [5.41, 5.74) is 1.03. The van der Waals surface area contributed by atoms with Gasteiger partial charge in [0.2, 0.25) is 15.9 Å². The third-order valence-corrected chi connectivity index (χ3v) is 5.22. The number of rotatable bonds is 4. The molecule has 1 aromatic rings. The van der Waals surface area contributed by atoms with Crippen LogP contribution in [0.25, 0.3) is 0 Å². The molecule has 0 saturated carbocycles. The normalized spacial score (nSPS) is 16.8. The molecule has 1 aliphatic rings. The number of anilines is 1. The van der Waals surface area contributed by atoms with E-state index in [0.717, 1.165) is 0 Å². The summed E-state index contributed by atoms with van der Waals surface area (Å²) in [6.45, 7) is 0.713. The van der Waals surface area contributed by atoms with Crippen LogP contribution in [0.4, 0.5) is 5.69 Å². The molecule has 0 unspecified atom stereocenters. The lowest BCUT2D eigenvalue weighted by atomic mass is 9.97. The highest BCUT2D eigenvalue weighted by Gasteiger charge is 2.28. The highest BCUT2D eigenvalue weighted by molar-refractivity contribution is 7.88. The number of nitrogens with one attached hydrogen (secondary N) is 2. The van der Waals surface area contributed by atoms with Crippen molar-refractivity contribution in [1.82, 2.24) is 9.62 Å². The second-order valence-electron chi connectivity index (χ2n) is 5.59. The van der Waals surface area contributed by atoms with Gasteiger partial charge in [-0.3, -0.25) is 9.59 Å². The van der Waals surface area contributed by atoms with Crippen LogP contribution in [0.2, 0.25) is 0 Å². The van der Waals surface area contributed by atoms with Crippen molar-refractivity contribution in [3.63, 3.8) is 0 Å². The van der Waals surface area contributed by atoms with E-state index in [-0.39, 0.29) is 17.7 Å². The average Bonchev–Trinajstić information content (AvgIpc) is 2.53. The average molecular weight is 339 g/mol. The second kappa shape index (κ2) is 7.10. The highest BCUT2D eigenvalue weighted by atomic mass is 32.2. The first-order chi connectivity index (χ1) is 10.8. The van der Waals surface area contributed by atoms with E-state index in [0.29, 0.717) is 37.2 Å². The predicted molar refractivity (Wildman–Crippen MR) is 87.6 cm³/mol. The molecule has 8 heteroatoms. The van der Waals surface area contributed by atoms with Gasteiger partial charge in [0.15, 0.2) is 0 Å². The summed E-state index contributed by atoms with van der Waals surface area (Å²) >= 11 is 0. The summed E-state index contributed by atoms with van der Waals surface area (Å²) in [4.78, 5) is 23.9. The van der Waals surface area contributed by atoms with E-state index in [1.165, 1.54) is 10.6 Å². The molecule has 1 saturated heterocycles. The van der Waals surface area contributed by atoms with Crippen molar-refractivity contribution < 1.29 is 18.0 Å². The summed E-state index contributed by atoms with van der Waals surface area (Å²) in [5, 5.41) is 5.33. The Kier molecular flexibility index (Phi) is 5.38. The molecule has 1 heterocycles. The van der Waals surface area contributed by atoms with Crippen LogP contribution in [-0.4, -0.2) is 50.9 Å². The van der Waals surface area contributed by atoms with Crippen LogP contribution >= 0.6 is 0 Å². The fourth-order valence-electron chi connectivity index (χ4n) is 2.58. The summed E-state index contributed by atoms with van der Waals surface area (Å²) in [5.74, 6) is -0.591. The van der Waals surface area contributed by atoms with Crippen molar-refractivity contribution in [2.24, 2.45) is 5.92 Å². The molecule has 1 aromatic carbocycles. The van der Waals surface area contributed by atoms with Crippen molar-refractivity contribution in [3.05, 3.63) is 29.8 Å². The summed E-state index contributed by atoms with van der Waals surface area (Å²) in [6.07, 6.45) is 2.17. The van der Waals surface area contributed by atoms with Crippen LogP contribution in [0.1, 0.15) is 23.2 Å². The van der Waals surface area contributed by atoms with Crippen LogP contribution < -0.4 is 10.6 Å². The number of hydrogen-bond donors (Lipinski definition) is 2. The van der Waals surface area contributed by atoms with Gasteiger partial charge in [-0.15, -0.1) is 0 Å². The molecule has 1 aliphatic heterocycles. The third kappa shape index (κ3) is 4.52. The Morgan fingerprint density at radius 3 is 2.43 bits per heavy atom. The van der Waals surface area contributed by atoms with Crippen molar-refractivity contribution in [3.8, 4) is 0 Å². The zero-order valence-electron chi connectivity index (χ0n) is 13.2. The molecule has 2 N–H and O–H groups in total. The highest BCUT2D eigenvalue weighted by Crippen LogP contribution is 2.21. The number of piperidine rings is 1. The van der Waals surface area contributed by atoms with Gasteiger partial charge in [-0.1, -0.05) is 6.07 Å². The van der Waals surface area contributed by atoms with E-state index < -0.39 is 10.0 Å². The smallest absolute Gasteiger partial charge is 0.251 e. The Labute approximate surface area is 136 Å². The molecule has 0 radical (unpaired) electrons. The van der Waals surface area contributed by atoms with E-state index in [9.17, 15) is 18.0 Å². The molecule has 1 fully saturated rings. The summed E-state index contributed by atoms with van der Waals surface area (Å²) in [6, 6.07) is 6.70. The lowest BCUT2D eigenvalue weighted by molar-refractivity contribution is -0.120. The van der Waals surface area contributed by atoms with E-state index in [2.05, 4.69) is 10.6 Å². The molecule has 23 heavy (non-hydrogen) atoms. The maximum absolute atomic E-state index is 12.3. The predicted octanol–water partition coefficient (Wildman–Crippen LogP) is 0.656. The Hall–Kier alpha value is -1.93. The van der Waals surface area contributed by atoms with Crippen LogP contribution in [0.5, 0.6) is 0 Å². The van der Waals surface area contributed by atoms with Crippen molar-refractivity contribution >= 4 is 27.5 Å². The van der Waals surface area contributed by atoms with Crippen LogP contribution in [0.3, 0.4) is 0 Å². The first kappa shape index (κ1) is 17.4. The lowest BCUT2D eigenvalue weighted by Crippen LogP contribution is -2.40. The summed E-state index contributed by atoms with van der Waals surface area (Å²) < 4.78 is 24.3. The van der Waals surface area contributed by atoms with Gasteiger partial charge in [0.05, 0.1) is 6.26 Å². The van der Waals surface area contributed by atoms with Crippen molar-refractivity contribution in [2.75, 3.05) is 31.7 Å². The number of hydrogen-bond acceptors (Lipinski definition) is 4. The Balaban J connectivity index is 1.97. The second-order valence-corrected chi connectivity index (χ2v) is 7.57. The number of sulfonamides is 1. The van der Waals surface area contributed by atoms with Gasteiger partial charge in [0.1, 0.15) is 0 Å². The first-order valence-corrected chi connectivity index (χ1v) is 9.24. The SMILES string of the molecule is CNC(=O)c1cccc(NC(=O)C2CCN(S(C)(=O)=O)CC2)c1. The molecule has 0 atom stereocenters. The molecule has 0 spiro atoms. The Morgan fingerprint density at radius 1 is 1.22 bits per heavy atom. The van der Waals surface area contributed by atoms with Gasteiger partial charge in [-0.2, -0.15) is 0 Å². The van der Waals surface area contributed by atoms with Gasteiger partial charge in [-0.05, 0) is 31.0 Å². The number of carbonyl (C=O) groups is 2. The first-order valence-electron chi connectivity index (χ1n) is 7.39. The van der Waals surface area contributed by atoms with Gasteiger partial charge in [0, 0.05) is 37.3 Å². The van der Waals surface area contributed by atoms with Gasteiger partial charge in [-0.25, -0.2) is 12.7 Å². The van der Waals surface area contributed by atoms with E-state index in [1.807, 2.05) is 0 Å². The molecule has 126 valence electrons. The maximum atomic E-state index is 12.3. The minimum Gasteiger partial charge on any atom is -0.355 e. The van der Waals surface area contributed by atoms with Crippen LogP contribution in [-0.2, 0) is 14.8 Å².